The molecule has 0 unspecified atom stereocenters. The topological polar surface area (TPSA) is 77.7 Å². The van der Waals surface area contributed by atoms with Gasteiger partial charge in [-0.1, -0.05) is 5.16 Å². The molecule has 150 valence electrons. The van der Waals surface area contributed by atoms with Crippen molar-refractivity contribution >= 4 is 5.91 Å². The Labute approximate surface area is 162 Å². The van der Waals surface area contributed by atoms with Crippen molar-refractivity contribution in [2.75, 3.05) is 26.3 Å². The maximum Gasteiger partial charge on any atom is 0.260 e. The van der Waals surface area contributed by atoms with E-state index in [0.29, 0.717) is 43.6 Å². The van der Waals surface area contributed by atoms with Gasteiger partial charge in [-0.25, -0.2) is 4.39 Å². The van der Waals surface area contributed by atoms with E-state index in [4.69, 9.17) is 14.0 Å². The number of benzene rings is 1. The van der Waals surface area contributed by atoms with Gasteiger partial charge in [0.05, 0.1) is 12.7 Å². The van der Waals surface area contributed by atoms with Gasteiger partial charge in [0.1, 0.15) is 11.6 Å². The molecule has 1 amide bonds. The minimum absolute atomic E-state index is 0.0433. The lowest BCUT2D eigenvalue weighted by Crippen LogP contribution is -2.43. The summed E-state index contributed by atoms with van der Waals surface area (Å²) in [5.41, 5.74) is 0. The van der Waals surface area contributed by atoms with Crippen molar-refractivity contribution in [1.29, 1.82) is 0 Å². The number of nitrogens with zero attached hydrogens (tertiary/aromatic N) is 3. The molecule has 0 radical (unpaired) electrons. The van der Waals surface area contributed by atoms with E-state index < -0.39 is 0 Å². The maximum atomic E-state index is 12.9. The van der Waals surface area contributed by atoms with E-state index in [-0.39, 0.29) is 24.4 Å². The molecule has 0 N–H and O–H groups in total. The number of piperidine rings is 1. The van der Waals surface area contributed by atoms with Crippen molar-refractivity contribution in [3.8, 4) is 5.75 Å². The standard InChI is InChI=1S/C20H24FN3O4/c21-15-3-5-16(6-4-15)27-13-19(25)24-10-7-17(8-11-24)26-12-9-18-22-20(28-23-18)14-1-2-14/h3-6,14,17H,1-2,7-13H2. The lowest BCUT2D eigenvalue weighted by atomic mass is 10.1. The van der Waals surface area contributed by atoms with E-state index in [2.05, 4.69) is 10.1 Å². The van der Waals surface area contributed by atoms with Crippen LogP contribution in [0.1, 0.15) is 43.3 Å². The van der Waals surface area contributed by atoms with Gasteiger partial charge < -0.3 is 18.9 Å². The lowest BCUT2D eigenvalue weighted by Gasteiger charge is -2.31. The van der Waals surface area contributed by atoms with Gasteiger partial charge in [0.2, 0.25) is 5.89 Å². The molecule has 8 heteroatoms. The molecule has 2 aromatic rings. The molecule has 2 aliphatic rings. The first-order valence-electron chi connectivity index (χ1n) is 9.77. The van der Waals surface area contributed by atoms with Crippen LogP contribution in [0.4, 0.5) is 4.39 Å². The second kappa shape index (κ2) is 8.68. The van der Waals surface area contributed by atoms with Gasteiger partial charge in [-0.3, -0.25) is 4.79 Å². The zero-order valence-electron chi connectivity index (χ0n) is 15.7. The molecule has 2 fully saturated rings. The summed E-state index contributed by atoms with van der Waals surface area (Å²) in [6, 6.07) is 5.65. The average Bonchev–Trinajstić information content (AvgIpc) is 3.46. The van der Waals surface area contributed by atoms with Crippen LogP contribution < -0.4 is 4.74 Å². The number of ether oxygens (including phenoxy) is 2. The highest BCUT2D eigenvalue weighted by molar-refractivity contribution is 5.77. The first kappa shape index (κ1) is 18.9. The van der Waals surface area contributed by atoms with E-state index in [0.717, 1.165) is 31.6 Å². The Morgan fingerprint density at radius 3 is 2.64 bits per heavy atom. The Morgan fingerprint density at radius 2 is 1.93 bits per heavy atom. The van der Waals surface area contributed by atoms with Gasteiger partial charge in [0, 0.05) is 25.4 Å². The summed E-state index contributed by atoms with van der Waals surface area (Å²) in [5.74, 6) is 2.01. The van der Waals surface area contributed by atoms with E-state index in [1.165, 1.54) is 24.3 Å². The molecule has 1 saturated heterocycles. The highest BCUT2D eigenvalue weighted by atomic mass is 19.1. The number of halogens is 1. The summed E-state index contributed by atoms with van der Waals surface area (Å²) in [6.07, 6.45) is 4.65. The van der Waals surface area contributed by atoms with Gasteiger partial charge in [-0.2, -0.15) is 4.98 Å². The SMILES string of the molecule is O=C(COc1ccc(F)cc1)N1CCC(OCCc2noc(C3CC3)n2)CC1. The van der Waals surface area contributed by atoms with Crippen molar-refractivity contribution in [2.24, 2.45) is 0 Å². The summed E-state index contributed by atoms with van der Waals surface area (Å²) in [6.45, 7) is 1.79. The Morgan fingerprint density at radius 1 is 1.18 bits per heavy atom. The summed E-state index contributed by atoms with van der Waals surface area (Å²) >= 11 is 0. The van der Waals surface area contributed by atoms with E-state index in [1.54, 1.807) is 4.90 Å². The predicted octanol–water partition coefficient (Wildman–Crippen LogP) is 2.72. The van der Waals surface area contributed by atoms with Crippen LogP contribution in [0.2, 0.25) is 0 Å². The number of carbonyl (C=O) groups excluding carboxylic acids is 1. The normalized spacial score (nSPS) is 17.7. The van der Waals surface area contributed by atoms with E-state index in [9.17, 15) is 9.18 Å². The van der Waals surface area contributed by atoms with Crippen LogP contribution in [-0.2, 0) is 16.0 Å². The average molecular weight is 389 g/mol. The van der Waals surface area contributed by atoms with E-state index >= 15 is 0 Å². The molecular weight excluding hydrogens is 365 g/mol. The Hall–Kier alpha value is -2.48. The molecule has 1 aliphatic heterocycles. The largest absolute Gasteiger partial charge is 0.484 e. The second-order valence-electron chi connectivity index (χ2n) is 7.27. The molecule has 4 rings (SSSR count). The molecule has 2 heterocycles. The molecule has 1 aromatic carbocycles. The van der Waals surface area contributed by atoms with Gasteiger partial charge in [-0.15, -0.1) is 0 Å². The number of rotatable bonds is 8. The number of aromatic nitrogens is 2. The zero-order valence-corrected chi connectivity index (χ0v) is 15.7. The number of hydrogen-bond acceptors (Lipinski definition) is 6. The van der Waals surface area contributed by atoms with Crippen molar-refractivity contribution in [3.63, 3.8) is 0 Å². The van der Waals surface area contributed by atoms with E-state index in [1.807, 2.05) is 0 Å². The molecule has 0 spiro atoms. The molecule has 1 aliphatic carbocycles. The van der Waals surface area contributed by atoms with Gasteiger partial charge in [0.15, 0.2) is 12.4 Å². The summed E-state index contributed by atoms with van der Waals surface area (Å²) in [7, 11) is 0. The summed E-state index contributed by atoms with van der Waals surface area (Å²) in [5, 5.41) is 3.99. The number of carbonyl (C=O) groups is 1. The van der Waals surface area contributed by atoms with Gasteiger partial charge in [-0.05, 0) is 49.9 Å². The fourth-order valence-corrected chi connectivity index (χ4v) is 3.22. The summed E-state index contributed by atoms with van der Waals surface area (Å²) in [4.78, 5) is 18.4. The van der Waals surface area contributed by atoms with Crippen LogP contribution in [0.3, 0.4) is 0 Å². The number of likely N-dealkylation sites (tertiary alicyclic amines) is 1. The van der Waals surface area contributed by atoms with Crippen LogP contribution in [0.15, 0.2) is 28.8 Å². The fraction of sp³-hybridized carbons (Fsp3) is 0.550. The maximum absolute atomic E-state index is 12.9. The molecule has 0 atom stereocenters. The van der Waals surface area contributed by atoms with Crippen LogP contribution in [0.5, 0.6) is 5.75 Å². The van der Waals surface area contributed by atoms with Crippen molar-refractivity contribution in [2.45, 2.75) is 44.1 Å². The van der Waals surface area contributed by atoms with Crippen LogP contribution in [0, 0.1) is 5.82 Å². The van der Waals surface area contributed by atoms with Crippen molar-refractivity contribution in [1.82, 2.24) is 15.0 Å². The number of amides is 1. The third-order valence-electron chi connectivity index (χ3n) is 5.06. The van der Waals surface area contributed by atoms with Crippen molar-refractivity contribution < 1.29 is 23.2 Å². The Kier molecular flexibility index (Phi) is 5.85. The lowest BCUT2D eigenvalue weighted by molar-refractivity contribution is -0.136. The Bertz CT molecular complexity index is 783. The smallest absolute Gasteiger partial charge is 0.260 e. The highest BCUT2D eigenvalue weighted by Crippen LogP contribution is 2.38. The molecule has 7 nitrogen and oxygen atoms in total. The monoisotopic (exact) mass is 389 g/mol. The quantitative estimate of drug-likeness (QED) is 0.691. The predicted molar refractivity (Wildman–Crippen MR) is 97.4 cm³/mol. The molecule has 1 aromatic heterocycles. The second-order valence-corrected chi connectivity index (χ2v) is 7.27. The molecule has 1 saturated carbocycles. The number of hydrogen-bond donors (Lipinski definition) is 0. The van der Waals surface area contributed by atoms with Crippen molar-refractivity contribution in [3.05, 3.63) is 41.8 Å². The Balaban J connectivity index is 1.12. The minimum atomic E-state index is -0.330. The molecule has 28 heavy (non-hydrogen) atoms. The molecule has 0 bridgehead atoms. The molecular formula is C20H24FN3O4. The fourth-order valence-electron chi connectivity index (χ4n) is 3.22. The van der Waals surface area contributed by atoms with Gasteiger partial charge >= 0.3 is 0 Å². The summed E-state index contributed by atoms with van der Waals surface area (Å²) < 4.78 is 29.5. The van der Waals surface area contributed by atoms with Crippen LogP contribution >= 0.6 is 0 Å². The minimum Gasteiger partial charge on any atom is -0.484 e. The van der Waals surface area contributed by atoms with Crippen LogP contribution in [0.25, 0.3) is 0 Å². The third-order valence-corrected chi connectivity index (χ3v) is 5.06. The third kappa shape index (κ3) is 5.07. The highest BCUT2D eigenvalue weighted by Gasteiger charge is 2.29. The first-order valence-corrected chi connectivity index (χ1v) is 9.77. The van der Waals surface area contributed by atoms with Gasteiger partial charge in [0.25, 0.3) is 5.91 Å². The zero-order chi connectivity index (χ0) is 19.3. The van der Waals surface area contributed by atoms with Crippen LogP contribution in [-0.4, -0.2) is 53.4 Å². The first-order chi connectivity index (χ1) is 13.7.